The molecule has 0 aliphatic carbocycles. The topological polar surface area (TPSA) is 22.1 Å². The number of hydrogen-bond donors (Lipinski definition) is 0. The number of benzene rings is 1. The number of nitrogens with zero attached hydrogens (tertiary/aromatic N) is 1. The van der Waals surface area contributed by atoms with E-state index in [1.807, 2.05) is 18.3 Å². The zero-order valence-corrected chi connectivity index (χ0v) is 21.2. The highest BCUT2D eigenvalue weighted by atomic mass is 19.1. The molecule has 0 bridgehead atoms. The number of rotatable bonds is 19. The molecule has 3 heteroatoms. The molecular formula is C30H46FNO. The van der Waals surface area contributed by atoms with Crippen LogP contribution in [-0.2, 0) is 6.42 Å². The van der Waals surface area contributed by atoms with Gasteiger partial charge in [-0.3, -0.25) is 4.98 Å². The van der Waals surface area contributed by atoms with E-state index in [-0.39, 0.29) is 5.82 Å². The summed E-state index contributed by atoms with van der Waals surface area (Å²) in [5.41, 5.74) is 2.46. The van der Waals surface area contributed by atoms with E-state index in [0.717, 1.165) is 12.8 Å². The standard InChI is InChI=1S/C30H46FNO/c1-3-5-7-9-11-12-14-16-18-26-19-22-30(32-25-26)28-21-20-27(24-29(28)31)33-23-17-15-13-10-8-6-4-2/h19-22,24-25H,3-18,23H2,1-2H3. The first-order valence-electron chi connectivity index (χ1n) is 13.6. The smallest absolute Gasteiger partial charge is 0.136 e. The fraction of sp³-hybridized carbons (Fsp3) is 0.633. The Bertz CT molecular complexity index is 743. The lowest BCUT2D eigenvalue weighted by atomic mass is 10.0. The lowest BCUT2D eigenvalue weighted by Gasteiger charge is -2.09. The van der Waals surface area contributed by atoms with Gasteiger partial charge in [0.2, 0.25) is 0 Å². The predicted molar refractivity (Wildman–Crippen MR) is 139 cm³/mol. The van der Waals surface area contributed by atoms with Gasteiger partial charge >= 0.3 is 0 Å². The summed E-state index contributed by atoms with van der Waals surface area (Å²) in [6.45, 7) is 5.15. The molecule has 0 spiro atoms. The molecule has 0 atom stereocenters. The molecule has 1 aromatic carbocycles. The molecule has 0 saturated carbocycles. The van der Waals surface area contributed by atoms with E-state index in [1.165, 1.54) is 102 Å². The molecule has 0 aliphatic rings. The second-order valence-electron chi connectivity index (χ2n) is 9.39. The Hall–Kier alpha value is -1.90. The molecule has 0 unspecified atom stereocenters. The number of hydrogen-bond acceptors (Lipinski definition) is 2. The van der Waals surface area contributed by atoms with Crippen LogP contribution >= 0.6 is 0 Å². The van der Waals surface area contributed by atoms with E-state index in [0.29, 0.717) is 23.6 Å². The van der Waals surface area contributed by atoms with E-state index in [9.17, 15) is 4.39 Å². The number of aromatic nitrogens is 1. The van der Waals surface area contributed by atoms with Gasteiger partial charge in [0, 0.05) is 17.8 Å². The van der Waals surface area contributed by atoms with Gasteiger partial charge in [-0.1, -0.05) is 103 Å². The Morgan fingerprint density at radius 2 is 1.30 bits per heavy atom. The second kappa shape index (κ2) is 17.6. The van der Waals surface area contributed by atoms with Crippen LogP contribution in [-0.4, -0.2) is 11.6 Å². The Morgan fingerprint density at radius 3 is 1.88 bits per heavy atom. The summed E-state index contributed by atoms with van der Waals surface area (Å²) in [6, 6.07) is 9.17. The number of aryl methyl sites for hydroxylation is 1. The minimum Gasteiger partial charge on any atom is -0.493 e. The maximum atomic E-state index is 14.7. The van der Waals surface area contributed by atoms with E-state index < -0.39 is 0 Å². The molecule has 0 fully saturated rings. The molecule has 33 heavy (non-hydrogen) atoms. The van der Waals surface area contributed by atoms with Crippen LogP contribution in [0.3, 0.4) is 0 Å². The average Bonchev–Trinajstić information content (AvgIpc) is 2.83. The molecule has 0 aliphatic heterocycles. The summed E-state index contributed by atoms with van der Waals surface area (Å²) in [5.74, 6) is 0.337. The van der Waals surface area contributed by atoms with Gasteiger partial charge in [-0.15, -0.1) is 0 Å². The molecule has 2 nitrogen and oxygen atoms in total. The van der Waals surface area contributed by atoms with Gasteiger partial charge in [-0.25, -0.2) is 4.39 Å². The second-order valence-corrected chi connectivity index (χ2v) is 9.39. The minimum atomic E-state index is -0.268. The number of pyridine rings is 1. The van der Waals surface area contributed by atoms with Crippen LogP contribution < -0.4 is 4.74 Å². The lowest BCUT2D eigenvalue weighted by molar-refractivity contribution is 0.303. The normalized spacial score (nSPS) is 11.1. The highest BCUT2D eigenvalue weighted by Gasteiger charge is 2.08. The Balaban J connectivity index is 1.68. The van der Waals surface area contributed by atoms with Crippen LogP contribution in [0, 0.1) is 5.82 Å². The van der Waals surface area contributed by atoms with Crippen LogP contribution in [0.1, 0.15) is 116 Å². The average molecular weight is 456 g/mol. The van der Waals surface area contributed by atoms with Crippen molar-refractivity contribution >= 4 is 0 Å². The SMILES string of the molecule is CCCCCCCCCCc1ccc(-c2ccc(OCCCCCCCCC)cc2F)nc1. The minimum absolute atomic E-state index is 0.268. The van der Waals surface area contributed by atoms with Gasteiger partial charge < -0.3 is 4.74 Å². The molecule has 2 rings (SSSR count). The van der Waals surface area contributed by atoms with E-state index in [1.54, 1.807) is 6.07 Å². The Morgan fingerprint density at radius 1 is 0.697 bits per heavy atom. The highest BCUT2D eigenvalue weighted by molar-refractivity contribution is 5.61. The number of unbranched alkanes of at least 4 members (excludes halogenated alkanes) is 13. The van der Waals surface area contributed by atoms with Gasteiger partial charge in [0.05, 0.1) is 12.3 Å². The van der Waals surface area contributed by atoms with Crippen molar-refractivity contribution in [1.82, 2.24) is 4.98 Å². The van der Waals surface area contributed by atoms with Gasteiger partial charge in [0.1, 0.15) is 11.6 Å². The van der Waals surface area contributed by atoms with E-state index >= 15 is 0 Å². The molecular weight excluding hydrogens is 409 g/mol. The Labute approximate surface area is 202 Å². The third-order valence-electron chi connectivity index (χ3n) is 6.38. The number of halogens is 1. The van der Waals surface area contributed by atoms with Gasteiger partial charge in [0.15, 0.2) is 0 Å². The van der Waals surface area contributed by atoms with Crippen LogP contribution in [0.2, 0.25) is 0 Å². The van der Waals surface area contributed by atoms with Gasteiger partial charge in [-0.2, -0.15) is 0 Å². The van der Waals surface area contributed by atoms with E-state index in [2.05, 4.69) is 24.9 Å². The summed E-state index contributed by atoms with van der Waals surface area (Å²) in [7, 11) is 0. The van der Waals surface area contributed by atoms with Crippen molar-refractivity contribution in [2.75, 3.05) is 6.61 Å². The molecule has 2 aromatic rings. The Kier molecular flexibility index (Phi) is 14.6. The first kappa shape index (κ1) is 27.3. The molecule has 1 aromatic heterocycles. The largest absolute Gasteiger partial charge is 0.493 e. The fourth-order valence-electron chi connectivity index (χ4n) is 4.24. The first-order chi connectivity index (χ1) is 16.2. The third-order valence-corrected chi connectivity index (χ3v) is 6.38. The van der Waals surface area contributed by atoms with Crippen molar-refractivity contribution in [1.29, 1.82) is 0 Å². The van der Waals surface area contributed by atoms with Crippen molar-refractivity contribution in [3.8, 4) is 17.0 Å². The molecule has 0 saturated heterocycles. The summed E-state index contributed by atoms with van der Waals surface area (Å²) in [6.07, 6.45) is 22.3. The van der Waals surface area contributed by atoms with Crippen LogP contribution in [0.25, 0.3) is 11.3 Å². The van der Waals surface area contributed by atoms with Crippen molar-refractivity contribution in [3.63, 3.8) is 0 Å². The van der Waals surface area contributed by atoms with Crippen molar-refractivity contribution < 1.29 is 9.13 Å². The quantitative estimate of drug-likeness (QED) is 0.197. The molecule has 0 radical (unpaired) electrons. The summed E-state index contributed by atoms with van der Waals surface area (Å²) < 4.78 is 20.4. The summed E-state index contributed by atoms with van der Waals surface area (Å²) >= 11 is 0. The monoisotopic (exact) mass is 455 g/mol. The van der Waals surface area contributed by atoms with E-state index in [4.69, 9.17) is 4.74 Å². The van der Waals surface area contributed by atoms with Crippen molar-refractivity contribution in [2.24, 2.45) is 0 Å². The molecule has 0 amide bonds. The van der Waals surface area contributed by atoms with Crippen molar-refractivity contribution in [2.45, 2.75) is 117 Å². The van der Waals surface area contributed by atoms with Crippen LogP contribution in [0.15, 0.2) is 36.5 Å². The summed E-state index contributed by atoms with van der Waals surface area (Å²) in [4.78, 5) is 4.52. The predicted octanol–water partition coefficient (Wildman–Crippen LogP) is 9.70. The zero-order chi connectivity index (χ0) is 23.6. The van der Waals surface area contributed by atoms with Crippen LogP contribution in [0.4, 0.5) is 4.39 Å². The summed E-state index contributed by atoms with van der Waals surface area (Å²) in [5, 5.41) is 0. The number of ether oxygens (including phenoxy) is 1. The lowest BCUT2D eigenvalue weighted by Crippen LogP contribution is -1.98. The molecule has 0 N–H and O–H groups in total. The van der Waals surface area contributed by atoms with Gasteiger partial charge in [-0.05, 0) is 43.0 Å². The zero-order valence-electron chi connectivity index (χ0n) is 21.2. The fourth-order valence-corrected chi connectivity index (χ4v) is 4.24. The van der Waals surface area contributed by atoms with Gasteiger partial charge in [0.25, 0.3) is 0 Å². The third kappa shape index (κ3) is 11.7. The highest BCUT2D eigenvalue weighted by Crippen LogP contribution is 2.25. The van der Waals surface area contributed by atoms with Crippen LogP contribution in [0.5, 0.6) is 5.75 Å². The maximum absolute atomic E-state index is 14.7. The maximum Gasteiger partial charge on any atom is 0.136 e. The molecule has 1 heterocycles. The molecule has 184 valence electrons. The van der Waals surface area contributed by atoms with Crippen molar-refractivity contribution in [3.05, 3.63) is 47.9 Å². The first-order valence-corrected chi connectivity index (χ1v) is 13.6.